The zero-order valence-corrected chi connectivity index (χ0v) is 9.32. The highest BCUT2D eigenvalue weighted by Crippen LogP contribution is 2.16. The fourth-order valence-corrected chi connectivity index (χ4v) is 1.33. The van der Waals surface area contributed by atoms with Crippen LogP contribution in [-0.2, 0) is 0 Å². The van der Waals surface area contributed by atoms with Crippen LogP contribution in [0.1, 0.15) is 15.9 Å². The molecular weight excluding hydrogens is 239 g/mol. The molecular formula is C10H10F3NOS. The van der Waals surface area contributed by atoms with E-state index in [2.05, 4.69) is 12.6 Å². The van der Waals surface area contributed by atoms with E-state index in [0.29, 0.717) is 10.5 Å². The number of alkyl halides is 3. The van der Waals surface area contributed by atoms with Crippen LogP contribution in [0.4, 0.5) is 13.2 Å². The Labute approximate surface area is 96.3 Å². The molecule has 0 unspecified atom stereocenters. The first-order valence-electron chi connectivity index (χ1n) is 4.44. The van der Waals surface area contributed by atoms with E-state index in [-0.39, 0.29) is 5.56 Å². The van der Waals surface area contributed by atoms with Crippen molar-refractivity contribution in [2.75, 3.05) is 6.54 Å². The maximum absolute atomic E-state index is 11.9. The Morgan fingerprint density at radius 1 is 1.44 bits per heavy atom. The maximum atomic E-state index is 11.9. The van der Waals surface area contributed by atoms with Gasteiger partial charge in [0.25, 0.3) is 5.91 Å². The number of amides is 1. The summed E-state index contributed by atoms with van der Waals surface area (Å²) in [5.74, 6) is -0.745. The van der Waals surface area contributed by atoms with Crippen molar-refractivity contribution in [1.82, 2.24) is 5.32 Å². The third kappa shape index (κ3) is 3.77. The quantitative estimate of drug-likeness (QED) is 0.775. The van der Waals surface area contributed by atoms with Gasteiger partial charge in [0.1, 0.15) is 6.54 Å². The standard InChI is InChI=1S/C10H10F3NOS/c1-6-2-3-7(16)4-8(6)9(15)14-5-10(11,12)13/h2-4,16H,5H2,1H3,(H,14,15). The van der Waals surface area contributed by atoms with Crippen molar-refractivity contribution in [3.05, 3.63) is 29.3 Å². The van der Waals surface area contributed by atoms with Gasteiger partial charge in [0, 0.05) is 10.5 Å². The topological polar surface area (TPSA) is 29.1 Å². The Morgan fingerprint density at radius 3 is 2.62 bits per heavy atom. The molecule has 1 rings (SSSR count). The Hall–Kier alpha value is -1.17. The molecule has 0 aliphatic rings. The van der Waals surface area contributed by atoms with Gasteiger partial charge in [0.05, 0.1) is 0 Å². The van der Waals surface area contributed by atoms with E-state index in [1.54, 1.807) is 19.1 Å². The molecule has 0 heterocycles. The van der Waals surface area contributed by atoms with Crippen LogP contribution in [-0.4, -0.2) is 18.6 Å². The van der Waals surface area contributed by atoms with Crippen LogP contribution in [0.25, 0.3) is 0 Å². The number of thiol groups is 1. The minimum absolute atomic E-state index is 0.205. The monoisotopic (exact) mass is 249 g/mol. The summed E-state index contributed by atoms with van der Waals surface area (Å²) < 4.78 is 35.6. The lowest BCUT2D eigenvalue weighted by Crippen LogP contribution is -2.34. The molecule has 2 nitrogen and oxygen atoms in total. The first-order valence-corrected chi connectivity index (χ1v) is 4.89. The molecule has 0 bridgehead atoms. The van der Waals surface area contributed by atoms with Crippen LogP contribution < -0.4 is 5.32 Å². The molecule has 0 saturated carbocycles. The van der Waals surface area contributed by atoms with Crippen molar-refractivity contribution >= 4 is 18.5 Å². The number of halogens is 3. The molecule has 0 radical (unpaired) electrons. The first kappa shape index (κ1) is 12.9. The van der Waals surface area contributed by atoms with E-state index < -0.39 is 18.6 Å². The smallest absolute Gasteiger partial charge is 0.343 e. The highest BCUT2D eigenvalue weighted by atomic mass is 32.1. The van der Waals surface area contributed by atoms with Crippen LogP contribution in [0.3, 0.4) is 0 Å². The minimum atomic E-state index is -4.40. The van der Waals surface area contributed by atoms with Crippen molar-refractivity contribution in [3.63, 3.8) is 0 Å². The predicted octanol–water partition coefficient (Wildman–Crippen LogP) is 2.58. The second-order valence-electron chi connectivity index (χ2n) is 3.30. The molecule has 16 heavy (non-hydrogen) atoms. The SMILES string of the molecule is Cc1ccc(S)cc1C(=O)NCC(F)(F)F. The van der Waals surface area contributed by atoms with Gasteiger partial charge in [-0.05, 0) is 24.6 Å². The molecule has 0 fully saturated rings. The zero-order chi connectivity index (χ0) is 12.3. The van der Waals surface area contributed by atoms with Crippen LogP contribution in [0, 0.1) is 6.92 Å². The Balaban J connectivity index is 2.77. The lowest BCUT2D eigenvalue weighted by Gasteiger charge is -2.10. The lowest BCUT2D eigenvalue weighted by atomic mass is 10.1. The number of carbonyl (C=O) groups excluding carboxylic acids is 1. The summed E-state index contributed by atoms with van der Waals surface area (Å²) in [4.78, 5) is 11.9. The Bertz CT molecular complexity index is 404. The van der Waals surface area contributed by atoms with Gasteiger partial charge < -0.3 is 5.32 Å². The Kier molecular flexibility index (Phi) is 3.85. The third-order valence-electron chi connectivity index (χ3n) is 1.92. The number of benzene rings is 1. The van der Waals surface area contributed by atoms with E-state index in [9.17, 15) is 18.0 Å². The predicted molar refractivity (Wildman–Crippen MR) is 56.8 cm³/mol. The van der Waals surface area contributed by atoms with E-state index >= 15 is 0 Å². The Morgan fingerprint density at radius 2 is 2.06 bits per heavy atom. The molecule has 1 aromatic carbocycles. The molecule has 0 aromatic heterocycles. The average Bonchev–Trinajstić information content (AvgIpc) is 2.17. The van der Waals surface area contributed by atoms with Gasteiger partial charge in [-0.25, -0.2) is 0 Å². The first-order chi connectivity index (χ1) is 7.29. The molecule has 0 atom stereocenters. The highest BCUT2D eigenvalue weighted by Gasteiger charge is 2.28. The number of hydrogen-bond acceptors (Lipinski definition) is 2. The molecule has 6 heteroatoms. The normalized spacial score (nSPS) is 11.3. The third-order valence-corrected chi connectivity index (χ3v) is 2.19. The lowest BCUT2D eigenvalue weighted by molar-refractivity contribution is -0.123. The van der Waals surface area contributed by atoms with Crippen molar-refractivity contribution in [2.45, 2.75) is 18.0 Å². The molecule has 0 aliphatic carbocycles. The van der Waals surface area contributed by atoms with Gasteiger partial charge in [-0.2, -0.15) is 13.2 Å². The van der Waals surface area contributed by atoms with Crippen LogP contribution in [0.5, 0.6) is 0 Å². The summed E-state index contributed by atoms with van der Waals surface area (Å²) in [7, 11) is 0. The minimum Gasteiger partial charge on any atom is -0.343 e. The van der Waals surface area contributed by atoms with Crippen LogP contribution >= 0.6 is 12.6 Å². The van der Waals surface area contributed by atoms with E-state index in [1.165, 1.54) is 6.07 Å². The molecule has 0 aliphatic heterocycles. The van der Waals surface area contributed by atoms with Crippen molar-refractivity contribution in [1.29, 1.82) is 0 Å². The summed E-state index contributed by atoms with van der Waals surface area (Å²) in [5, 5.41) is 1.81. The van der Waals surface area contributed by atoms with Gasteiger partial charge >= 0.3 is 6.18 Å². The van der Waals surface area contributed by atoms with Crippen LogP contribution in [0.15, 0.2) is 23.1 Å². The van der Waals surface area contributed by atoms with Crippen molar-refractivity contribution < 1.29 is 18.0 Å². The molecule has 1 N–H and O–H groups in total. The summed E-state index contributed by atoms with van der Waals surface area (Å²) in [6.07, 6.45) is -4.40. The fourth-order valence-electron chi connectivity index (χ4n) is 1.13. The largest absolute Gasteiger partial charge is 0.405 e. The van der Waals surface area contributed by atoms with E-state index in [4.69, 9.17) is 0 Å². The number of rotatable bonds is 2. The summed E-state index contributed by atoms with van der Waals surface area (Å²) in [6, 6.07) is 4.73. The highest BCUT2D eigenvalue weighted by molar-refractivity contribution is 7.80. The molecule has 88 valence electrons. The second kappa shape index (κ2) is 4.78. The second-order valence-corrected chi connectivity index (χ2v) is 3.81. The van der Waals surface area contributed by atoms with Gasteiger partial charge in [-0.3, -0.25) is 4.79 Å². The van der Waals surface area contributed by atoms with Gasteiger partial charge in [-0.15, -0.1) is 12.6 Å². The van der Waals surface area contributed by atoms with Crippen LogP contribution in [0.2, 0.25) is 0 Å². The number of aryl methyl sites for hydroxylation is 1. The molecule has 1 aromatic rings. The number of hydrogen-bond donors (Lipinski definition) is 2. The van der Waals surface area contributed by atoms with Gasteiger partial charge in [-0.1, -0.05) is 6.07 Å². The summed E-state index contributed by atoms with van der Waals surface area (Å²) >= 11 is 4.02. The average molecular weight is 249 g/mol. The van der Waals surface area contributed by atoms with E-state index in [0.717, 1.165) is 0 Å². The molecule has 0 spiro atoms. The molecule has 0 saturated heterocycles. The fraction of sp³-hybridized carbons (Fsp3) is 0.300. The molecule has 1 amide bonds. The zero-order valence-electron chi connectivity index (χ0n) is 8.43. The van der Waals surface area contributed by atoms with Gasteiger partial charge in [0.15, 0.2) is 0 Å². The summed E-state index contributed by atoms with van der Waals surface area (Å²) in [5.41, 5.74) is 0.814. The number of carbonyl (C=O) groups is 1. The maximum Gasteiger partial charge on any atom is 0.405 e. The van der Waals surface area contributed by atoms with Crippen molar-refractivity contribution in [3.8, 4) is 0 Å². The van der Waals surface area contributed by atoms with Crippen molar-refractivity contribution in [2.24, 2.45) is 0 Å². The van der Waals surface area contributed by atoms with Gasteiger partial charge in [0.2, 0.25) is 0 Å². The van der Waals surface area contributed by atoms with E-state index in [1.807, 2.05) is 5.32 Å². The summed E-state index contributed by atoms with van der Waals surface area (Å²) in [6.45, 7) is 0.317. The number of nitrogens with one attached hydrogen (secondary N) is 1.